The summed E-state index contributed by atoms with van der Waals surface area (Å²) in [5.74, 6) is -0.0939. The van der Waals surface area contributed by atoms with E-state index in [0.717, 1.165) is 23.3 Å². The first-order valence-electron chi connectivity index (χ1n) is 13.2. The third-order valence-electron chi connectivity index (χ3n) is 7.51. The van der Waals surface area contributed by atoms with Gasteiger partial charge in [-0.25, -0.2) is 4.79 Å². The summed E-state index contributed by atoms with van der Waals surface area (Å²) in [6.45, 7) is 9.42. The maximum atomic E-state index is 15.2. The SMILES string of the molecule is CC(C)C(=O)N1CC2(C1)OCc1cc(C3=NN(C(=O)OC(C)(C)C)C(c4cc(Cl)cc(Cl)c4)(C(F)(F)F)C3)ccc12. The van der Waals surface area contributed by atoms with Crippen LogP contribution in [0.15, 0.2) is 41.5 Å². The average Bonchev–Trinajstić information content (AvgIpc) is 3.41. The molecule has 3 aliphatic heterocycles. The molecule has 0 radical (unpaired) electrons. The number of alkyl halides is 3. The number of ether oxygens (including phenoxy) is 2. The van der Waals surface area contributed by atoms with Crippen LogP contribution in [0.4, 0.5) is 18.0 Å². The normalized spacial score (nSPS) is 21.7. The maximum absolute atomic E-state index is 15.2. The molecular weight excluding hydrogens is 582 g/mol. The Morgan fingerprint density at radius 1 is 1.05 bits per heavy atom. The van der Waals surface area contributed by atoms with Crippen LogP contribution in [0, 0.1) is 5.92 Å². The molecule has 1 fully saturated rings. The summed E-state index contributed by atoms with van der Waals surface area (Å²) in [5, 5.41) is 4.56. The minimum atomic E-state index is -4.98. The number of benzene rings is 2. The number of nitrogens with zero attached hydrogens (tertiary/aromatic N) is 3. The molecule has 0 N–H and O–H groups in total. The Labute approximate surface area is 246 Å². The lowest BCUT2D eigenvalue weighted by Gasteiger charge is -2.48. The van der Waals surface area contributed by atoms with Gasteiger partial charge in [0.1, 0.15) is 11.2 Å². The van der Waals surface area contributed by atoms with E-state index in [4.69, 9.17) is 32.7 Å². The van der Waals surface area contributed by atoms with Crippen molar-refractivity contribution in [3.05, 3.63) is 68.7 Å². The van der Waals surface area contributed by atoms with Gasteiger partial charge in [0.25, 0.3) is 0 Å². The summed E-state index contributed by atoms with van der Waals surface area (Å²) in [6.07, 6.45) is -6.92. The summed E-state index contributed by atoms with van der Waals surface area (Å²) in [4.78, 5) is 27.4. The van der Waals surface area contributed by atoms with Crippen molar-refractivity contribution in [2.24, 2.45) is 11.0 Å². The number of carbonyl (C=O) groups excluding carboxylic acids is 2. The monoisotopic (exact) mass is 611 g/mol. The summed E-state index contributed by atoms with van der Waals surface area (Å²) in [5.41, 5.74) is -2.83. The molecule has 3 heterocycles. The number of hydrazone groups is 1. The minimum absolute atomic E-state index is 0.0146. The molecule has 0 bridgehead atoms. The van der Waals surface area contributed by atoms with Crippen molar-refractivity contribution in [2.75, 3.05) is 13.1 Å². The van der Waals surface area contributed by atoms with Crippen LogP contribution in [-0.4, -0.2) is 52.5 Å². The van der Waals surface area contributed by atoms with Gasteiger partial charge in [-0.15, -0.1) is 0 Å². The predicted molar refractivity (Wildman–Crippen MR) is 148 cm³/mol. The van der Waals surface area contributed by atoms with Gasteiger partial charge in [-0.1, -0.05) is 49.2 Å². The highest BCUT2D eigenvalue weighted by Crippen LogP contribution is 2.52. The highest BCUT2D eigenvalue weighted by Gasteiger charge is 2.66. The van der Waals surface area contributed by atoms with Gasteiger partial charge in [-0.2, -0.15) is 23.3 Å². The number of halogens is 5. The van der Waals surface area contributed by atoms with E-state index in [1.807, 2.05) is 13.8 Å². The average molecular weight is 612 g/mol. The zero-order valence-corrected chi connectivity index (χ0v) is 24.7. The number of carbonyl (C=O) groups is 2. The molecule has 0 aromatic heterocycles. The molecule has 1 atom stereocenters. The Balaban J connectivity index is 1.54. The van der Waals surface area contributed by atoms with Crippen LogP contribution in [0.2, 0.25) is 10.0 Å². The second kappa shape index (κ2) is 9.88. The number of fused-ring (bicyclic) bond motifs is 2. The standard InChI is InChI=1S/C29H30Cl2F3N3O4/c1-16(2)24(38)36-14-27(15-36)22-7-6-17(8-18(22)13-40-27)23-12-28(29(32,33)34,19-9-20(30)11-21(31)10-19)37(35-23)25(39)41-26(3,4)5/h6-11,16H,12-15H2,1-5H3. The summed E-state index contributed by atoms with van der Waals surface area (Å²) in [6, 6.07) is 8.80. The molecule has 2 aromatic carbocycles. The fourth-order valence-corrected chi connectivity index (χ4v) is 6.13. The Bertz CT molecular complexity index is 1430. The van der Waals surface area contributed by atoms with Crippen LogP contribution in [0.5, 0.6) is 0 Å². The highest BCUT2D eigenvalue weighted by molar-refractivity contribution is 6.34. The van der Waals surface area contributed by atoms with Crippen LogP contribution >= 0.6 is 23.2 Å². The molecule has 0 aliphatic carbocycles. The lowest BCUT2D eigenvalue weighted by atomic mass is 9.81. The van der Waals surface area contributed by atoms with Crippen LogP contribution in [0.1, 0.15) is 63.3 Å². The fraction of sp³-hybridized carbons (Fsp3) is 0.483. The Morgan fingerprint density at radius 2 is 1.68 bits per heavy atom. The number of hydrogen-bond acceptors (Lipinski definition) is 5. The summed E-state index contributed by atoms with van der Waals surface area (Å²) >= 11 is 12.2. The van der Waals surface area contributed by atoms with E-state index in [2.05, 4.69) is 5.10 Å². The van der Waals surface area contributed by atoms with E-state index in [1.54, 1.807) is 43.9 Å². The van der Waals surface area contributed by atoms with Crippen molar-refractivity contribution in [3.63, 3.8) is 0 Å². The van der Waals surface area contributed by atoms with E-state index < -0.39 is 35.4 Å². The van der Waals surface area contributed by atoms with Crippen molar-refractivity contribution in [3.8, 4) is 0 Å². The van der Waals surface area contributed by atoms with Gasteiger partial charge in [-0.3, -0.25) is 4.79 Å². The van der Waals surface area contributed by atoms with Crippen LogP contribution in [0.3, 0.4) is 0 Å². The van der Waals surface area contributed by atoms with E-state index in [9.17, 15) is 9.59 Å². The number of rotatable bonds is 3. The molecule has 220 valence electrons. The lowest BCUT2D eigenvalue weighted by molar-refractivity contribution is -0.226. The lowest BCUT2D eigenvalue weighted by Crippen LogP contribution is -2.61. The molecular formula is C29H30Cl2F3N3O4. The van der Waals surface area contributed by atoms with Gasteiger partial charge in [0, 0.05) is 22.4 Å². The van der Waals surface area contributed by atoms with Crippen LogP contribution in [-0.2, 0) is 32.0 Å². The van der Waals surface area contributed by atoms with E-state index in [1.165, 1.54) is 6.07 Å². The predicted octanol–water partition coefficient (Wildman–Crippen LogP) is 7.02. The van der Waals surface area contributed by atoms with Crippen molar-refractivity contribution in [1.82, 2.24) is 9.91 Å². The molecule has 7 nitrogen and oxygen atoms in total. The number of likely N-dealkylation sites (tertiary alicyclic amines) is 1. The smallest absolute Gasteiger partial charge is 0.432 e. The Morgan fingerprint density at radius 3 is 2.24 bits per heavy atom. The molecule has 0 saturated carbocycles. The minimum Gasteiger partial charge on any atom is -0.442 e. The molecule has 2 amide bonds. The molecule has 41 heavy (non-hydrogen) atoms. The van der Waals surface area contributed by atoms with Gasteiger partial charge in [0.2, 0.25) is 5.91 Å². The molecule has 1 saturated heterocycles. The van der Waals surface area contributed by atoms with Crippen molar-refractivity contribution in [2.45, 2.75) is 70.6 Å². The zero-order chi connectivity index (χ0) is 30.1. The third kappa shape index (κ3) is 5.08. The van der Waals surface area contributed by atoms with Gasteiger partial charge in [0.05, 0.1) is 25.4 Å². The molecule has 1 unspecified atom stereocenters. The fourth-order valence-electron chi connectivity index (χ4n) is 5.60. The van der Waals surface area contributed by atoms with Crippen molar-refractivity contribution >= 4 is 40.9 Å². The second-order valence-corrected chi connectivity index (χ2v) is 12.9. The third-order valence-corrected chi connectivity index (χ3v) is 7.95. The number of amides is 2. The quantitative estimate of drug-likeness (QED) is 0.374. The van der Waals surface area contributed by atoms with E-state index in [-0.39, 0.29) is 39.8 Å². The molecule has 5 rings (SSSR count). The van der Waals surface area contributed by atoms with Crippen molar-refractivity contribution in [1.29, 1.82) is 0 Å². The van der Waals surface area contributed by atoms with Crippen LogP contribution < -0.4 is 0 Å². The first-order valence-corrected chi connectivity index (χ1v) is 13.9. The summed E-state index contributed by atoms with van der Waals surface area (Å²) < 4.78 is 57.0. The number of hydrogen-bond donors (Lipinski definition) is 0. The van der Waals surface area contributed by atoms with Crippen LogP contribution in [0.25, 0.3) is 0 Å². The van der Waals surface area contributed by atoms with Crippen molar-refractivity contribution < 1.29 is 32.2 Å². The first-order chi connectivity index (χ1) is 19.0. The Hall–Kier alpha value is -2.82. The summed E-state index contributed by atoms with van der Waals surface area (Å²) in [7, 11) is 0. The van der Waals surface area contributed by atoms with E-state index >= 15 is 13.2 Å². The zero-order valence-electron chi connectivity index (χ0n) is 23.2. The maximum Gasteiger partial charge on any atom is 0.432 e. The van der Waals surface area contributed by atoms with Gasteiger partial charge >= 0.3 is 12.3 Å². The molecule has 3 aliphatic rings. The molecule has 12 heteroatoms. The molecule has 1 spiro atoms. The largest absolute Gasteiger partial charge is 0.442 e. The van der Waals surface area contributed by atoms with E-state index in [0.29, 0.717) is 23.7 Å². The van der Waals surface area contributed by atoms with Gasteiger partial charge in [0.15, 0.2) is 5.54 Å². The Kier molecular flexibility index (Phi) is 7.15. The second-order valence-electron chi connectivity index (χ2n) is 12.0. The first kappa shape index (κ1) is 29.7. The van der Waals surface area contributed by atoms with Gasteiger partial charge in [-0.05, 0) is 67.3 Å². The molecule has 2 aromatic rings. The van der Waals surface area contributed by atoms with Gasteiger partial charge < -0.3 is 14.4 Å². The topological polar surface area (TPSA) is 71.4 Å². The highest BCUT2D eigenvalue weighted by atomic mass is 35.5.